The third-order valence-electron chi connectivity index (χ3n) is 3.88. The van der Waals surface area contributed by atoms with Crippen LogP contribution < -0.4 is 10.1 Å². The first-order valence-electron chi connectivity index (χ1n) is 8.00. The van der Waals surface area contributed by atoms with Crippen molar-refractivity contribution in [2.75, 3.05) is 50.7 Å². The third-order valence-corrected chi connectivity index (χ3v) is 4.69. The number of piperidine rings is 1. The number of para-hydroxylation sites is 2. The summed E-state index contributed by atoms with van der Waals surface area (Å²) in [6, 6.07) is 7.47. The lowest BCUT2D eigenvalue weighted by Gasteiger charge is -2.32. The number of methoxy groups -OCH3 is 1. The van der Waals surface area contributed by atoms with E-state index >= 15 is 0 Å². The Kier molecular flexibility index (Phi) is 7.55. The zero-order valence-corrected chi connectivity index (χ0v) is 14.7. The van der Waals surface area contributed by atoms with Gasteiger partial charge in [-0.3, -0.25) is 0 Å². The highest BCUT2D eigenvalue weighted by Crippen LogP contribution is 2.25. The summed E-state index contributed by atoms with van der Waals surface area (Å²) in [4.78, 5) is 14.4. The third kappa shape index (κ3) is 5.62. The fourth-order valence-electron chi connectivity index (χ4n) is 2.75. The van der Waals surface area contributed by atoms with E-state index in [1.807, 2.05) is 40.9 Å². The Morgan fingerprint density at radius 3 is 3.00 bits per heavy atom. The molecule has 5 nitrogen and oxygen atoms in total. The zero-order chi connectivity index (χ0) is 16.5. The van der Waals surface area contributed by atoms with E-state index in [2.05, 4.69) is 11.6 Å². The molecule has 0 aromatic heterocycles. The van der Waals surface area contributed by atoms with Gasteiger partial charge in [0.05, 0.1) is 12.3 Å². The topological polar surface area (TPSA) is 50.8 Å². The summed E-state index contributed by atoms with van der Waals surface area (Å²) in [5, 5.41) is 2.98. The van der Waals surface area contributed by atoms with Crippen LogP contribution in [0.15, 0.2) is 24.3 Å². The second kappa shape index (κ2) is 9.67. The first kappa shape index (κ1) is 17.9. The van der Waals surface area contributed by atoms with E-state index in [1.165, 1.54) is 6.42 Å². The minimum atomic E-state index is -0.0430. The van der Waals surface area contributed by atoms with Gasteiger partial charge in [0.15, 0.2) is 0 Å². The Morgan fingerprint density at radius 1 is 1.39 bits per heavy atom. The van der Waals surface area contributed by atoms with Crippen LogP contribution in [0.5, 0.6) is 5.75 Å². The highest BCUT2D eigenvalue weighted by Gasteiger charge is 2.23. The van der Waals surface area contributed by atoms with Gasteiger partial charge in [-0.05, 0) is 42.9 Å². The van der Waals surface area contributed by atoms with Crippen LogP contribution in [-0.4, -0.2) is 56.4 Å². The average Bonchev–Trinajstić information content (AvgIpc) is 2.57. The highest BCUT2D eigenvalue weighted by molar-refractivity contribution is 7.98. The van der Waals surface area contributed by atoms with Crippen LogP contribution in [0.3, 0.4) is 0 Å². The maximum Gasteiger partial charge on any atom is 0.321 e. The SMILES string of the molecule is COCCOc1ccccc1NC(=O)N1CCCC(CSC)C1. The number of thioether (sulfide) groups is 1. The average molecular weight is 338 g/mol. The van der Waals surface area contributed by atoms with Crippen LogP contribution in [0.4, 0.5) is 10.5 Å². The van der Waals surface area contributed by atoms with E-state index in [-0.39, 0.29) is 6.03 Å². The maximum absolute atomic E-state index is 12.5. The monoisotopic (exact) mass is 338 g/mol. The van der Waals surface area contributed by atoms with Gasteiger partial charge in [-0.2, -0.15) is 11.8 Å². The van der Waals surface area contributed by atoms with E-state index in [0.717, 1.165) is 25.3 Å². The number of amides is 2. The van der Waals surface area contributed by atoms with Gasteiger partial charge in [0.25, 0.3) is 0 Å². The molecule has 2 amide bonds. The fraction of sp³-hybridized carbons (Fsp3) is 0.588. The lowest BCUT2D eigenvalue weighted by Crippen LogP contribution is -2.43. The Hall–Kier alpha value is -1.40. The number of urea groups is 1. The fourth-order valence-corrected chi connectivity index (χ4v) is 3.49. The van der Waals surface area contributed by atoms with Crippen molar-refractivity contribution in [3.8, 4) is 5.75 Å². The van der Waals surface area contributed by atoms with Crippen molar-refractivity contribution in [1.82, 2.24) is 4.90 Å². The number of hydrogen-bond donors (Lipinski definition) is 1. The molecule has 6 heteroatoms. The molecule has 0 saturated carbocycles. The predicted octanol–water partition coefficient (Wildman–Crippen LogP) is 3.32. The number of carbonyl (C=O) groups excluding carboxylic acids is 1. The molecule has 1 aliphatic rings. The van der Waals surface area contributed by atoms with Gasteiger partial charge in [0.2, 0.25) is 0 Å². The van der Waals surface area contributed by atoms with Crippen molar-refractivity contribution >= 4 is 23.5 Å². The van der Waals surface area contributed by atoms with Crippen molar-refractivity contribution in [2.24, 2.45) is 5.92 Å². The minimum absolute atomic E-state index is 0.0430. The highest BCUT2D eigenvalue weighted by atomic mass is 32.2. The molecule has 1 saturated heterocycles. The number of carbonyl (C=O) groups is 1. The molecule has 0 spiro atoms. The molecule has 23 heavy (non-hydrogen) atoms. The quantitative estimate of drug-likeness (QED) is 0.775. The number of benzene rings is 1. The molecule has 1 unspecified atom stereocenters. The van der Waals surface area contributed by atoms with Crippen molar-refractivity contribution in [2.45, 2.75) is 12.8 Å². The molecule has 1 aromatic rings. The lowest BCUT2D eigenvalue weighted by molar-refractivity contribution is 0.146. The number of hydrogen-bond acceptors (Lipinski definition) is 4. The normalized spacial score (nSPS) is 17.8. The predicted molar refractivity (Wildman–Crippen MR) is 95.5 cm³/mol. The zero-order valence-electron chi connectivity index (χ0n) is 13.9. The largest absolute Gasteiger partial charge is 0.489 e. The van der Waals surface area contributed by atoms with Crippen LogP contribution in [0.1, 0.15) is 12.8 Å². The molecule has 2 rings (SSSR count). The number of nitrogens with one attached hydrogen (secondary N) is 1. The summed E-state index contributed by atoms with van der Waals surface area (Å²) >= 11 is 1.85. The Balaban J connectivity index is 1.94. The van der Waals surface area contributed by atoms with Gasteiger partial charge < -0.3 is 19.7 Å². The van der Waals surface area contributed by atoms with E-state index in [4.69, 9.17) is 9.47 Å². The number of likely N-dealkylation sites (tertiary alicyclic amines) is 1. The number of rotatable bonds is 7. The van der Waals surface area contributed by atoms with Crippen LogP contribution >= 0.6 is 11.8 Å². The standard InChI is InChI=1S/C17H26N2O3S/c1-21-10-11-22-16-8-4-3-7-15(16)18-17(20)19-9-5-6-14(12-19)13-23-2/h3-4,7-8,14H,5-6,9-13H2,1-2H3,(H,18,20). The van der Waals surface area contributed by atoms with Crippen LogP contribution in [0.2, 0.25) is 0 Å². The minimum Gasteiger partial charge on any atom is -0.489 e. The van der Waals surface area contributed by atoms with E-state index in [1.54, 1.807) is 7.11 Å². The molecule has 1 atom stereocenters. The molecule has 0 aliphatic carbocycles. The molecule has 1 aliphatic heterocycles. The van der Waals surface area contributed by atoms with Gasteiger partial charge in [0, 0.05) is 20.2 Å². The van der Waals surface area contributed by atoms with Crippen molar-refractivity contribution < 1.29 is 14.3 Å². The summed E-state index contributed by atoms with van der Waals surface area (Å²) in [5.41, 5.74) is 0.709. The second-order valence-electron chi connectivity index (χ2n) is 5.68. The Labute approximate surface area is 142 Å². The maximum atomic E-state index is 12.5. The summed E-state index contributed by atoms with van der Waals surface area (Å²) in [6.45, 7) is 2.64. The molecule has 1 aromatic carbocycles. The van der Waals surface area contributed by atoms with Gasteiger partial charge in [-0.1, -0.05) is 12.1 Å². The summed E-state index contributed by atoms with van der Waals surface area (Å²) in [5.74, 6) is 2.38. The van der Waals surface area contributed by atoms with Gasteiger partial charge in [-0.25, -0.2) is 4.79 Å². The van der Waals surface area contributed by atoms with Crippen LogP contribution in [-0.2, 0) is 4.74 Å². The second-order valence-corrected chi connectivity index (χ2v) is 6.59. The molecular formula is C17H26N2O3S. The molecule has 0 bridgehead atoms. The molecule has 128 valence electrons. The number of ether oxygens (including phenoxy) is 2. The molecule has 0 radical (unpaired) electrons. The summed E-state index contributed by atoms with van der Waals surface area (Å²) in [6.07, 6.45) is 4.40. The van der Waals surface area contributed by atoms with Crippen molar-refractivity contribution in [3.05, 3.63) is 24.3 Å². The summed E-state index contributed by atoms with van der Waals surface area (Å²) < 4.78 is 10.7. The molecule has 1 heterocycles. The van der Waals surface area contributed by atoms with Gasteiger partial charge >= 0.3 is 6.03 Å². The van der Waals surface area contributed by atoms with Crippen LogP contribution in [0.25, 0.3) is 0 Å². The van der Waals surface area contributed by atoms with Crippen molar-refractivity contribution in [3.63, 3.8) is 0 Å². The number of nitrogens with zero attached hydrogens (tertiary/aromatic N) is 1. The first-order chi connectivity index (χ1) is 11.2. The molecule has 1 N–H and O–H groups in total. The van der Waals surface area contributed by atoms with Gasteiger partial charge in [-0.15, -0.1) is 0 Å². The molecular weight excluding hydrogens is 312 g/mol. The Morgan fingerprint density at radius 2 is 2.22 bits per heavy atom. The smallest absolute Gasteiger partial charge is 0.321 e. The Bertz CT molecular complexity index is 496. The molecule has 1 fully saturated rings. The first-order valence-corrected chi connectivity index (χ1v) is 9.39. The van der Waals surface area contributed by atoms with Crippen molar-refractivity contribution in [1.29, 1.82) is 0 Å². The van der Waals surface area contributed by atoms with E-state index in [9.17, 15) is 4.79 Å². The van der Waals surface area contributed by atoms with E-state index < -0.39 is 0 Å². The number of anilines is 1. The van der Waals surface area contributed by atoms with Crippen LogP contribution in [0, 0.1) is 5.92 Å². The summed E-state index contributed by atoms with van der Waals surface area (Å²) in [7, 11) is 1.64. The van der Waals surface area contributed by atoms with E-state index in [0.29, 0.717) is 30.6 Å². The van der Waals surface area contributed by atoms with Gasteiger partial charge in [0.1, 0.15) is 12.4 Å². The lowest BCUT2D eigenvalue weighted by atomic mass is 10.0.